The molecule has 2 aliphatic heterocycles. The van der Waals surface area contributed by atoms with E-state index in [2.05, 4.69) is 11.9 Å². The summed E-state index contributed by atoms with van der Waals surface area (Å²) in [7, 11) is 0. The van der Waals surface area contributed by atoms with E-state index in [0.717, 1.165) is 0 Å². The highest BCUT2D eigenvalue weighted by Gasteiger charge is 2.51. The minimum Gasteiger partial charge on any atom is -0.394 e. The third-order valence-corrected chi connectivity index (χ3v) is 4.74. The van der Waals surface area contributed by atoms with Crippen LogP contribution in [0, 0.1) is 0 Å². The van der Waals surface area contributed by atoms with E-state index in [1.54, 1.807) is 0 Å². The van der Waals surface area contributed by atoms with E-state index in [4.69, 9.17) is 18.9 Å². The van der Waals surface area contributed by atoms with Crippen LogP contribution in [0.3, 0.4) is 0 Å². The Labute approximate surface area is 167 Å². The van der Waals surface area contributed by atoms with E-state index in [1.807, 2.05) is 0 Å². The maximum absolute atomic E-state index is 11.5. The largest absolute Gasteiger partial charge is 0.394 e. The van der Waals surface area contributed by atoms with Gasteiger partial charge in [-0.1, -0.05) is 6.08 Å². The van der Waals surface area contributed by atoms with Gasteiger partial charge in [0, 0.05) is 6.92 Å². The van der Waals surface area contributed by atoms with Crippen LogP contribution in [0.2, 0.25) is 0 Å². The fourth-order valence-corrected chi connectivity index (χ4v) is 3.26. The molecule has 10 atom stereocenters. The average Bonchev–Trinajstić information content (AvgIpc) is 2.69. The topological polar surface area (TPSA) is 187 Å². The summed E-state index contributed by atoms with van der Waals surface area (Å²) in [4.78, 5) is 11.5. The highest BCUT2D eigenvalue weighted by Crippen LogP contribution is 2.29. The molecular weight excluding hydrogens is 394 g/mol. The van der Waals surface area contributed by atoms with Crippen LogP contribution in [0.1, 0.15) is 6.92 Å². The number of carbonyl (C=O) groups is 1. The van der Waals surface area contributed by atoms with Gasteiger partial charge in [-0.15, -0.1) is 6.58 Å². The molecule has 12 heteroatoms. The van der Waals surface area contributed by atoms with Crippen LogP contribution < -0.4 is 5.32 Å². The summed E-state index contributed by atoms with van der Waals surface area (Å²) in [6.45, 7) is 3.50. The molecule has 1 amide bonds. The molecule has 2 aliphatic rings. The molecule has 0 spiro atoms. The molecular formula is C17H29NO11. The fraction of sp³-hybridized carbons (Fsp3) is 0.824. The van der Waals surface area contributed by atoms with Crippen molar-refractivity contribution in [3.05, 3.63) is 12.7 Å². The predicted octanol–water partition coefficient (Wildman–Crippen LogP) is -4.04. The number of aliphatic hydroxyl groups excluding tert-OH is 6. The Kier molecular flexibility index (Phi) is 8.91. The summed E-state index contributed by atoms with van der Waals surface area (Å²) >= 11 is 0. The summed E-state index contributed by atoms with van der Waals surface area (Å²) in [5.74, 6) is -0.487. The Morgan fingerprint density at radius 2 is 1.62 bits per heavy atom. The van der Waals surface area contributed by atoms with E-state index >= 15 is 0 Å². The van der Waals surface area contributed by atoms with E-state index in [9.17, 15) is 35.4 Å². The first-order chi connectivity index (χ1) is 13.7. The molecule has 2 saturated heterocycles. The van der Waals surface area contributed by atoms with Gasteiger partial charge >= 0.3 is 0 Å². The molecule has 29 heavy (non-hydrogen) atoms. The number of nitrogens with one attached hydrogen (secondary N) is 1. The van der Waals surface area contributed by atoms with E-state index < -0.39 is 80.5 Å². The van der Waals surface area contributed by atoms with Gasteiger partial charge in [0.25, 0.3) is 0 Å². The summed E-state index contributed by atoms with van der Waals surface area (Å²) in [6.07, 6.45) is -11.4. The molecule has 168 valence electrons. The van der Waals surface area contributed by atoms with Gasteiger partial charge in [-0.25, -0.2) is 0 Å². The van der Waals surface area contributed by atoms with Crippen molar-refractivity contribution in [2.75, 3.05) is 19.8 Å². The lowest BCUT2D eigenvalue weighted by Crippen LogP contribution is -2.67. The smallest absolute Gasteiger partial charge is 0.217 e. The van der Waals surface area contributed by atoms with Crippen molar-refractivity contribution >= 4 is 5.91 Å². The standard InChI is InChI=1S/C17H29NO11/c1-3-4-26-16-10(18-7(2)21)12(23)15(9(6-20)28-16)29-17-14(25)13(24)11(22)8(5-19)27-17/h3,8-17,19-20,22-25H,1,4-6H2,2H3,(H,18,21)/t8-,9-,10-,11+,12-,13+,14-,15-,16+,17+/m1/s1. The lowest BCUT2D eigenvalue weighted by molar-refractivity contribution is -0.347. The molecule has 2 rings (SSSR count). The number of ether oxygens (including phenoxy) is 4. The summed E-state index contributed by atoms with van der Waals surface area (Å²) in [5, 5.41) is 62.1. The molecule has 0 aliphatic carbocycles. The molecule has 0 bridgehead atoms. The number of rotatable bonds is 8. The average molecular weight is 423 g/mol. The van der Waals surface area contributed by atoms with Crippen LogP contribution in [-0.2, 0) is 23.7 Å². The number of carbonyl (C=O) groups excluding carboxylic acids is 1. The minimum absolute atomic E-state index is 0.0455. The first-order valence-electron chi connectivity index (χ1n) is 9.15. The Morgan fingerprint density at radius 3 is 2.17 bits per heavy atom. The normalized spacial score (nSPS) is 43.0. The van der Waals surface area contributed by atoms with Crippen LogP contribution in [0.15, 0.2) is 12.7 Å². The van der Waals surface area contributed by atoms with E-state index in [1.165, 1.54) is 13.0 Å². The molecule has 0 aromatic heterocycles. The van der Waals surface area contributed by atoms with E-state index in [-0.39, 0.29) is 6.61 Å². The number of hydrogen-bond acceptors (Lipinski definition) is 11. The molecule has 0 aromatic rings. The highest BCUT2D eigenvalue weighted by molar-refractivity contribution is 5.73. The second kappa shape index (κ2) is 10.7. The third-order valence-electron chi connectivity index (χ3n) is 4.74. The molecule has 0 aromatic carbocycles. The maximum Gasteiger partial charge on any atom is 0.217 e. The van der Waals surface area contributed by atoms with Gasteiger partial charge in [-0.3, -0.25) is 4.79 Å². The molecule has 12 nitrogen and oxygen atoms in total. The van der Waals surface area contributed by atoms with Crippen molar-refractivity contribution in [2.24, 2.45) is 0 Å². The molecule has 0 unspecified atom stereocenters. The van der Waals surface area contributed by atoms with Crippen molar-refractivity contribution in [3.8, 4) is 0 Å². The first kappa shape index (κ1) is 24.1. The van der Waals surface area contributed by atoms with Crippen molar-refractivity contribution in [1.29, 1.82) is 0 Å². The number of hydrogen-bond donors (Lipinski definition) is 7. The molecule has 0 radical (unpaired) electrons. The van der Waals surface area contributed by atoms with Crippen molar-refractivity contribution in [2.45, 2.75) is 68.3 Å². The van der Waals surface area contributed by atoms with Gasteiger partial charge in [0.05, 0.1) is 19.8 Å². The second-order valence-electron chi connectivity index (χ2n) is 6.86. The molecule has 7 N–H and O–H groups in total. The van der Waals surface area contributed by atoms with Gasteiger partial charge < -0.3 is 54.9 Å². The SMILES string of the molecule is C=CCO[C@H]1O[C@H](CO)[C@@H](O[C@@H]2O[C@H](CO)[C@H](O)[C@H](O)[C@H]2O)[C@H](O)[C@H]1NC(C)=O. The zero-order valence-electron chi connectivity index (χ0n) is 15.9. The maximum atomic E-state index is 11.5. The monoisotopic (exact) mass is 423 g/mol. The van der Waals surface area contributed by atoms with Crippen molar-refractivity contribution in [1.82, 2.24) is 5.32 Å². The lowest BCUT2D eigenvalue weighted by Gasteiger charge is -2.47. The van der Waals surface area contributed by atoms with Gasteiger partial charge in [-0.05, 0) is 0 Å². The first-order valence-corrected chi connectivity index (χ1v) is 9.15. The molecule has 2 fully saturated rings. The summed E-state index contributed by atoms with van der Waals surface area (Å²) in [6, 6.07) is -1.09. The summed E-state index contributed by atoms with van der Waals surface area (Å²) in [5.41, 5.74) is 0. The zero-order valence-corrected chi connectivity index (χ0v) is 15.9. The van der Waals surface area contributed by atoms with Crippen LogP contribution in [0.4, 0.5) is 0 Å². The fourth-order valence-electron chi connectivity index (χ4n) is 3.26. The Bertz CT molecular complexity index is 547. The quantitative estimate of drug-likeness (QED) is 0.188. The van der Waals surface area contributed by atoms with Crippen molar-refractivity contribution in [3.63, 3.8) is 0 Å². The predicted molar refractivity (Wildman–Crippen MR) is 94.1 cm³/mol. The Hall–Kier alpha value is -1.19. The number of amides is 1. The molecule has 2 heterocycles. The third kappa shape index (κ3) is 5.49. The van der Waals surface area contributed by atoms with Crippen LogP contribution >= 0.6 is 0 Å². The minimum atomic E-state index is -1.71. The Balaban J connectivity index is 2.20. The van der Waals surface area contributed by atoms with Crippen LogP contribution in [-0.4, -0.2) is 118 Å². The van der Waals surface area contributed by atoms with Gasteiger partial charge in [0.2, 0.25) is 5.91 Å². The van der Waals surface area contributed by atoms with Gasteiger partial charge in [0.1, 0.15) is 48.8 Å². The lowest BCUT2D eigenvalue weighted by atomic mass is 9.95. The van der Waals surface area contributed by atoms with Gasteiger partial charge in [0.15, 0.2) is 12.6 Å². The molecule has 0 saturated carbocycles. The number of aliphatic hydroxyl groups is 6. The second-order valence-corrected chi connectivity index (χ2v) is 6.86. The van der Waals surface area contributed by atoms with Crippen LogP contribution in [0.5, 0.6) is 0 Å². The Morgan fingerprint density at radius 1 is 1.00 bits per heavy atom. The highest BCUT2D eigenvalue weighted by atomic mass is 16.7. The van der Waals surface area contributed by atoms with Gasteiger partial charge in [-0.2, -0.15) is 0 Å². The summed E-state index contributed by atoms with van der Waals surface area (Å²) < 4.78 is 21.8. The van der Waals surface area contributed by atoms with Crippen molar-refractivity contribution < 1.29 is 54.4 Å². The van der Waals surface area contributed by atoms with Crippen LogP contribution in [0.25, 0.3) is 0 Å². The zero-order chi connectivity index (χ0) is 21.7. The van der Waals surface area contributed by atoms with E-state index in [0.29, 0.717) is 0 Å².